The molecule has 1 aromatic rings. The van der Waals surface area contributed by atoms with Crippen LogP contribution in [0.15, 0.2) is 11.0 Å². The molecule has 1 aromatic heterocycles. The summed E-state index contributed by atoms with van der Waals surface area (Å²) in [6.07, 6.45) is 4.14. The Hall–Kier alpha value is -1.03. The van der Waals surface area contributed by atoms with Crippen molar-refractivity contribution in [2.24, 2.45) is 5.92 Å². The van der Waals surface area contributed by atoms with Gasteiger partial charge in [0.2, 0.25) is 0 Å². The molecule has 1 heterocycles. The van der Waals surface area contributed by atoms with E-state index in [1.54, 1.807) is 6.20 Å². The Labute approximate surface area is 86.9 Å². The van der Waals surface area contributed by atoms with E-state index in [4.69, 9.17) is 11.6 Å². The lowest BCUT2D eigenvalue weighted by Crippen LogP contribution is -2.23. The fraction of sp³-hybridized carbons (Fsp3) is 0.556. The lowest BCUT2D eigenvalue weighted by atomic mass is 10.3. The van der Waals surface area contributed by atoms with Gasteiger partial charge in [0.15, 0.2) is 0 Å². The molecular formula is C9H12ClN3O. The van der Waals surface area contributed by atoms with Crippen LogP contribution in [-0.2, 0) is 0 Å². The molecule has 76 valence electrons. The molecule has 14 heavy (non-hydrogen) atoms. The fourth-order valence-electron chi connectivity index (χ4n) is 1.43. The van der Waals surface area contributed by atoms with Gasteiger partial charge < -0.3 is 4.90 Å². The van der Waals surface area contributed by atoms with Crippen molar-refractivity contribution in [2.75, 3.05) is 18.5 Å². The molecule has 1 aliphatic carbocycles. The van der Waals surface area contributed by atoms with Gasteiger partial charge >= 0.3 is 0 Å². The summed E-state index contributed by atoms with van der Waals surface area (Å²) in [6, 6.07) is 0. The molecule has 0 bridgehead atoms. The highest BCUT2D eigenvalue weighted by molar-refractivity contribution is 6.32. The van der Waals surface area contributed by atoms with Gasteiger partial charge in [-0.3, -0.25) is 4.79 Å². The molecule has 0 unspecified atom stereocenters. The lowest BCUT2D eigenvalue weighted by Gasteiger charge is -2.18. The minimum Gasteiger partial charge on any atom is -0.372 e. The van der Waals surface area contributed by atoms with Crippen LogP contribution in [0.4, 0.5) is 5.69 Å². The Morgan fingerprint density at radius 3 is 3.07 bits per heavy atom. The van der Waals surface area contributed by atoms with E-state index in [0.29, 0.717) is 5.69 Å². The Morgan fingerprint density at radius 1 is 1.71 bits per heavy atom. The predicted molar refractivity (Wildman–Crippen MR) is 55.9 cm³/mol. The largest absolute Gasteiger partial charge is 0.372 e. The van der Waals surface area contributed by atoms with Crippen LogP contribution in [0, 0.1) is 5.92 Å². The van der Waals surface area contributed by atoms with Gasteiger partial charge in [0.25, 0.3) is 5.56 Å². The van der Waals surface area contributed by atoms with Crippen LogP contribution < -0.4 is 10.5 Å². The number of halogens is 1. The molecule has 0 aromatic carbocycles. The number of aromatic nitrogens is 2. The Morgan fingerprint density at radius 2 is 2.43 bits per heavy atom. The summed E-state index contributed by atoms with van der Waals surface area (Å²) < 4.78 is 0. The number of H-pyrrole nitrogens is 1. The summed E-state index contributed by atoms with van der Waals surface area (Å²) >= 11 is 5.87. The first-order valence-electron chi connectivity index (χ1n) is 4.63. The summed E-state index contributed by atoms with van der Waals surface area (Å²) in [7, 11) is 1.93. The highest BCUT2D eigenvalue weighted by Gasteiger charge is 2.24. The van der Waals surface area contributed by atoms with Crippen molar-refractivity contribution in [3.8, 4) is 0 Å². The summed E-state index contributed by atoms with van der Waals surface area (Å²) in [6.45, 7) is 0.949. The van der Waals surface area contributed by atoms with Crippen LogP contribution in [0.25, 0.3) is 0 Å². The molecule has 1 aliphatic rings. The van der Waals surface area contributed by atoms with Crippen molar-refractivity contribution in [3.05, 3.63) is 21.6 Å². The van der Waals surface area contributed by atoms with Crippen LogP contribution in [0.2, 0.25) is 5.02 Å². The number of hydrogen-bond acceptors (Lipinski definition) is 3. The first kappa shape index (κ1) is 9.52. The van der Waals surface area contributed by atoms with Crippen LogP contribution in [0.1, 0.15) is 12.8 Å². The van der Waals surface area contributed by atoms with E-state index in [1.165, 1.54) is 12.8 Å². The van der Waals surface area contributed by atoms with Gasteiger partial charge in [0, 0.05) is 13.6 Å². The Kier molecular flexibility index (Phi) is 2.46. The van der Waals surface area contributed by atoms with Gasteiger partial charge in [0.05, 0.1) is 11.9 Å². The maximum Gasteiger partial charge on any atom is 0.285 e. The maximum atomic E-state index is 11.2. The zero-order chi connectivity index (χ0) is 10.1. The van der Waals surface area contributed by atoms with Crippen LogP contribution >= 0.6 is 11.6 Å². The molecule has 2 rings (SSSR count). The SMILES string of the molecule is CN(CC1CC1)c1cn[nH]c(=O)c1Cl. The van der Waals surface area contributed by atoms with Crippen LogP contribution in [0.3, 0.4) is 0 Å². The molecule has 1 saturated carbocycles. The molecule has 4 nitrogen and oxygen atoms in total. The third-order valence-electron chi connectivity index (χ3n) is 2.42. The van der Waals surface area contributed by atoms with E-state index in [-0.39, 0.29) is 10.6 Å². The lowest BCUT2D eigenvalue weighted by molar-refractivity contribution is 0.781. The van der Waals surface area contributed by atoms with Gasteiger partial charge in [-0.15, -0.1) is 0 Å². The summed E-state index contributed by atoms with van der Waals surface area (Å²) in [4.78, 5) is 13.2. The van der Waals surface area contributed by atoms with Gasteiger partial charge in [-0.05, 0) is 18.8 Å². The maximum absolute atomic E-state index is 11.2. The molecule has 1 N–H and O–H groups in total. The molecule has 0 amide bonds. The third-order valence-corrected chi connectivity index (χ3v) is 2.78. The average molecular weight is 214 g/mol. The second-order valence-corrected chi connectivity index (χ2v) is 4.10. The number of aromatic amines is 1. The van der Waals surface area contributed by atoms with E-state index in [9.17, 15) is 4.79 Å². The first-order chi connectivity index (χ1) is 6.68. The highest BCUT2D eigenvalue weighted by atomic mass is 35.5. The monoisotopic (exact) mass is 213 g/mol. The zero-order valence-electron chi connectivity index (χ0n) is 7.96. The highest BCUT2D eigenvalue weighted by Crippen LogP contribution is 2.31. The second-order valence-electron chi connectivity index (χ2n) is 3.72. The normalized spacial score (nSPS) is 15.6. The summed E-state index contributed by atoms with van der Waals surface area (Å²) in [5.41, 5.74) is 0.383. The quantitative estimate of drug-likeness (QED) is 0.823. The smallest absolute Gasteiger partial charge is 0.285 e. The average Bonchev–Trinajstić information content (AvgIpc) is 2.93. The van der Waals surface area contributed by atoms with Crippen molar-refractivity contribution in [3.63, 3.8) is 0 Å². The van der Waals surface area contributed by atoms with Crippen molar-refractivity contribution in [1.82, 2.24) is 10.2 Å². The Balaban J connectivity index is 2.21. The van der Waals surface area contributed by atoms with E-state index < -0.39 is 0 Å². The van der Waals surface area contributed by atoms with E-state index >= 15 is 0 Å². The molecule has 1 fully saturated rings. The standard InChI is InChI=1S/C9H12ClN3O/c1-13(5-6-2-3-6)7-4-11-12-9(14)8(7)10/h4,6H,2-3,5H2,1H3,(H,12,14). The molecule has 0 atom stereocenters. The van der Waals surface area contributed by atoms with Gasteiger partial charge in [-0.25, -0.2) is 5.10 Å². The zero-order valence-corrected chi connectivity index (χ0v) is 8.71. The molecule has 5 heteroatoms. The number of anilines is 1. The molecule has 0 saturated heterocycles. The van der Waals surface area contributed by atoms with Gasteiger partial charge in [-0.1, -0.05) is 11.6 Å². The van der Waals surface area contributed by atoms with Crippen LogP contribution in [-0.4, -0.2) is 23.8 Å². The van der Waals surface area contributed by atoms with Crippen LogP contribution in [0.5, 0.6) is 0 Å². The van der Waals surface area contributed by atoms with E-state index in [2.05, 4.69) is 10.2 Å². The fourth-order valence-corrected chi connectivity index (χ4v) is 1.66. The van der Waals surface area contributed by atoms with E-state index in [1.807, 2.05) is 11.9 Å². The topological polar surface area (TPSA) is 49.0 Å². The first-order valence-corrected chi connectivity index (χ1v) is 5.00. The van der Waals surface area contributed by atoms with Crippen molar-refractivity contribution in [1.29, 1.82) is 0 Å². The Bertz CT molecular complexity index is 386. The molecular weight excluding hydrogens is 202 g/mol. The molecule has 0 aliphatic heterocycles. The van der Waals surface area contributed by atoms with Crippen molar-refractivity contribution in [2.45, 2.75) is 12.8 Å². The van der Waals surface area contributed by atoms with E-state index in [0.717, 1.165) is 12.5 Å². The van der Waals surface area contributed by atoms with Gasteiger partial charge in [0.1, 0.15) is 5.02 Å². The predicted octanol–water partition coefficient (Wildman–Crippen LogP) is 1.27. The molecule has 0 spiro atoms. The second kappa shape index (κ2) is 3.61. The van der Waals surface area contributed by atoms with Crippen molar-refractivity contribution >= 4 is 17.3 Å². The number of rotatable bonds is 3. The van der Waals surface area contributed by atoms with Crippen molar-refractivity contribution < 1.29 is 0 Å². The third kappa shape index (κ3) is 1.90. The number of nitrogens with zero attached hydrogens (tertiary/aromatic N) is 2. The molecule has 0 radical (unpaired) electrons. The number of hydrogen-bond donors (Lipinski definition) is 1. The minimum atomic E-state index is -0.327. The summed E-state index contributed by atoms with van der Waals surface area (Å²) in [5.74, 6) is 0.760. The summed E-state index contributed by atoms with van der Waals surface area (Å²) in [5, 5.41) is 6.25. The van der Waals surface area contributed by atoms with Gasteiger partial charge in [-0.2, -0.15) is 5.10 Å². The minimum absolute atomic E-state index is 0.225. The number of nitrogens with one attached hydrogen (secondary N) is 1.